The summed E-state index contributed by atoms with van der Waals surface area (Å²) in [5.41, 5.74) is 0. The summed E-state index contributed by atoms with van der Waals surface area (Å²) in [4.78, 5) is 11.8. The molecule has 0 heterocycles. The first-order chi connectivity index (χ1) is 10.2. The fourth-order valence-electron chi connectivity index (χ4n) is 1.99. The summed E-state index contributed by atoms with van der Waals surface area (Å²) in [6.45, 7) is 0.153. The van der Waals surface area contributed by atoms with Gasteiger partial charge >= 0.3 is 5.97 Å². The average molecular weight is 295 g/mol. The molecule has 1 unspecified atom stereocenters. The zero-order valence-corrected chi connectivity index (χ0v) is 12.5. The largest absolute Gasteiger partial charge is 0.493 e. The Labute approximate surface area is 124 Å². The molecule has 0 amide bonds. The third-order valence-corrected chi connectivity index (χ3v) is 3.28. The van der Waals surface area contributed by atoms with Crippen molar-refractivity contribution in [3.8, 4) is 17.2 Å². The molecule has 0 saturated heterocycles. The Morgan fingerprint density at radius 3 is 2.33 bits per heavy atom. The van der Waals surface area contributed by atoms with Crippen LogP contribution in [0.2, 0.25) is 0 Å². The van der Waals surface area contributed by atoms with E-state index in [1.165, 1.54) is 7.11 Å². The molecule has 0 aliphatic heterocycles. The van der Waals surface area contributed by atoms with Gasteiger partial charge in [0.05, 0.1) is 21.3 Å². The maximum atomic E-state index is 11.8. The van der Waals surface area contributed by atoms with Crippen LogP contribution < -0.4 is 19.5 Å². The van der Waals surface area contributed by atoms with Crippen molar-refractivity contribution < 1.29 is 23.7 Å². The molecule has 2 rings (SSSR count). The molecule has 1 fully saturated rings. The molecule has 6 heteroatoms. The van der Waals surface area contributed by atoms with Crippen LogP contribution in [-0.2, 0) is 9.53 Å². The highest BCUT2D eigenvalue weighted by Crippen LogP contribution is 2.36. The summed E-state index contributed by atoms with van der Waals surface area (Å²) in [5.74, 6) is 1.26. The highest BCUT2D eigenvalue weighted by molar-refractivity contribution is 5.76. The Kier molecular flexibility index (Phi) is 5.27. The Morgan fingerprint density at radius 1 is 1.24 bits per heavy atom. The van der Waals surface area contributed by atoms with Crippen LogP contribution >= 0.6 is 0 Å². The minimum absolute atomic E-state index is 0.153. The van der Waals surface area contributed by atoms with Gasteiger partial charge in [-0.25, -0.2) is 0 Å². The molecule has 1 saturated carbocycles. The Morgan fingerprint density at radius 2 is 1.86 bits per heavy atom. The zero-order chi connectivity index (χ0) is 15.2. The van der Waals surface area contributed by atoms with Gasteiger partial charge < -0.3 is 18.9 Å². The molecule has 0 radical (unpaired) electrons. The summed E-state index contributed by atoms with van der Waals surface area (Å²) < 4.78 is 21.1. The van der Waals surface area contributed by atoms with Gasteiger partial charge in [-0.2, -0.15) is 0 Å². The van der Waals surface area contributed by atoms with Crippen molar-refractivity contribution in [3.05, 3.63) is 18.2 Å². The van der Waals surface area contributed by atoms with Gasteiger partial charge in [0.1, 0.15) is 12.6 Å². The van der Waals surface area contributed by atoms with Crippen LogP contribution in [0.4, 0.5) is 0 Å². The zero-order valence-electron chi connectivity index (χ0n) is 12.5. The van der Waals surface area contributed by atoms with Crippen molar-refractivity contribution in [3.63, 3.8) is 0 Å². The van der Waals surface area contributed by atoms with Crippen LogP contribution in [0.15, 0.2) is 18.2 Å². The van der Waals surface area contributed by atoms with Gasteiger partial charge in [-0.3, -0.25) is 10.1 Å². The Balaban J connectivity index is 2.07. The topological polar surface area (TPSA) is 66.0 Å². The number of para-hydroxylation sites is 1. The number of esters is 1. The molecule has 1 aliphatic carbocycles. The van der Waals surface area contributed by atoms with Gasteiger partial charge in [-0.15, -0.1) is 0 Å². The molecule has 0 aromatic heterocycles. The molecule has 1 atom stereocenters. The second-order valence-corrected chi connectivity index (χ2v) is 4.82. The third-order valence-electron chi connectivity index (χ3n) is 3.28. The fourth-order valence-corrected chi connectivity index (χ4v) is 1.99. The predicted molar refractivity (Wildman–Crippen MR) is 77.0 cm³/mol. The monoisotopic (exact) mass is 295 g/mol. The number of hydrogen-bond donors (Lipinski definition) is 1. The molecule has 116 valence electrons. The number of carbonyl (C=O) groups is 1. The maximum absolute atomic E-state index is 11.8. The quantitative estimate of drug-likeness (QED) is 0.731. The molecule has 0 spiro atoms. The smallest absolute Gasteiger partial charge is 0.326 e. The van der Waals surface area contributed by atoms with Crippen LogP contribution in [0.3, 0.4) is 0 Å². The van der Waals surface area contributed by atoms with Crippen LogP contribution in [0.25, 0.3) is 0 Å². The third kappa shape index (κ3) is 4.01. The molecule has 1 aliphatic rings. The van der Waals surface area contributed by atoms with E-state index in [1.807, 2.05) is 6.07 Å². The summed E-state index contributed by atoms with van der Waals surface area (Å²) in [6, 6.07) is 5.23. The number of methoxy groups -OCH3 is 3. The van der Waals surface area contributed by atoms with Gasteiger partial charge in [0.25, 0.3) is 0 Å². The number of carbonyl (C=O) groups excluding carboxylic acids is 1. The van der Waals surface area contributed by atoms with E-state index < -0.39 is 6.04 Å². The summed E-state index contributed by atoms with van der Waals surface area (Å²) in [5, 5.41) is 3.21. The summed E-state index contributed by atoms with van der Waals surface area (Å²) in [7, 11) is 4.48. The van der Waals surface area contributed by atoms with E-state index in [0.29, 0.717) is 23.3 Å². The van der Waals surface area contributed by atoms with Crippen LogP contribution in [0.1, 0.15) is 12.8 Å². The molecule has 21 heavy (non-hydrogen) atoms. The van der Waals surface area contributed by atoms with E-state index in [4.69, 9.17) is 18.9 Å². The Bertz CT molecular complexity index is 465. The molecule has 1 aromatic rings. The van der Waals surface area contributed by atoms with Crippen molar-refractivity contribution >= 4 is 5.97 Å². The number of hydrogen-bond acceptors (Lipinski definition) is 6. The normalized spacial score (nSPS) is 15.2. The number of rotatable bonds is 8. The second-order valence-electron chi connectivity index (χ2n) is 4.82. The van der Waals surface area contributed by atoms with E-state index in [9.17, 15) is 4.79 Å². The minimum Gasteiger partial charge on any atom is -0.493 e. The predicted octanol–water partition coefficient (Wildman–Crippen LogP) is 1.38. The highest BCUT2D eigenvalue weighted by atomic mass is 16.5. The number of benzene rings is 1. The Hall–Kier alpha value is -1.95. The number of ether oxygens (including phenoxy) is 4. The molecule has 6 nitrogen and oxygen atoms in total. The molecular weight excluding hydrogens is 274 g/mol. The first-order valence-electron chi connectivity index (χ1n) is 6.87. The first kappa shape index (κ1) is 15.4. The minimum atomic E-state index is -0.503. The molecule has 1 aromatic carbocycles. The van der Waals surface area contributed by atoms with E-state index >= 15 is 0 Å². The molecule has 1 N–H and O–H groups in total. The highest BCUT2D eigenvalue weighted by Gasteiger charge is 2.30. The van der Waals surface area contributed by atoms with Gasteiger partial charge in [-0.1, -0.05) is 6.07 Å². The van der Waals surface area contributed by atoms with Crippen LogP contribution in [0, 0.1) is 0 Å². The summed E-state index contributed by atoms with van der Waals surface area (Å²) >= 11 is 0. The second kappa shape index (κ2) is 7.17. The van der Waals surface area contributed by atoms with Gasteiger partial charge in [0, 0.05) is 6.04 Å². The van der Waals surface area contributed by atoms with Crippen molar-refractivity contribution in [2.45, 2.75) is 24.9 Å². The van der Waals surface area contributed by atoms with Crippen LogP contribution in [-0.4, -0.2) is 46.0 Å². The van der Waals surface area contributed by atoms with Gasteiger partial charge in [0.2, 0.25) is 5.75 Å². The number of nitrogens with one attached hydrogen (secondary N) is 1. The molecule has 0 bridgehead atoms. The lowest BCUT2D eigenvalue weighted by Crippen LogP contribution is -2.43. The summed E-state index contributed by atoms with van der Waals surface area (Å²) in [6.07, 6.45) is 2.15. The van der Waals surface area contributed by atoms with Gasteiger partial charge in [-0.05, 0) is 25.0 Å². The fraction of sp³-hybridized carbons (Fsp3) is 0.533. The molecular formula is C15H21NO5. The van der Waals surface area contributed by atoms with Gasteiger partial charge in [0.15, 0.2) is 11.5 Å². The van der Waals surface area contributed by atoms with E-state index in [2.05, 4.69) is 5.32 Å². The van der Waals surface area contributed by atoms with Crippen LogP contribution in [0.5, 0.6) is 17.2 Å². The van der Waals surface area contributed by atoms with Crippen molar-refractivity contribution in [2.24, 2.45) is 0 Å². The lowest BCUT2D eigenvalue weighted by Gasteiger charge is -2.19. The van der Waals surface area contributed by atoms with Crippen molar-refractivity contribution in [1.82, 2.24) is 5.32 Å². The SMILES string of the molecule is COC(=O)C(COc1c(OC)cccc1OC)NC1CC1. The van der Waals surface area contributed by atoms with Crippen molar-refractivity contribution in [1.29, 1.82) is 0 Å². The maximum Gasteiger partial charge on any atom is 0.326 e. The lowest BCUT2D eigenvalue weighted by atomic mass is 10.2. The van der Waals surface area contributed by atoms with E-state index in [0.717, 1.165) is 12.8 Å². The first-order valence-corrected chi connectivity index (χ1v) is 6.87. The van der Waals surface area contributed by atoms with E-state index in [-0.39, 0.29) is 12.6 Å². The van der Waals surface area contributed by atoms with E-state index in [1.54, 1.807) is 26.4 Å². The average Bonchev–Trinajstić information content (AvgIpc) is 3.34. The lowest BCUT2D eigenvalue weighted by molar-refractivity contribution is -0.144. The van der Waals surface area contributed by atoms with Crippen molar-refractivity contribution in [2.75, 3.05) is 27.9 Å². The standard InChI is InChI=1S/C15H21NO5/c1-18-12-5-4-6-13(19-2)14(12)21-9-11(15(17)20-3)16-10-7-8-10/h4-6,10-11,16H,7-9H2,1-3H3.